The van der Waals surface area contributed by atoms with E-state index in [9.17, 15) is 9.59 Å². The molecule has 0 N–H and O–H groups in total. The van der Waals surface area contributed by atoms with Crippen LogP contribution in [0.25, 0.3) is 10.8 Å². The van der Waals surface area contributed by atoms with Gasteiger partial charge < -0.3 is 0 Å². The summed E-state index contributed by atoms with van der Waals surface area (Å²) >= 11 is 0. The van der Waals surface area contributed by atoms with E-state index >= 15 is 0 Å². The zero-order valence-corrected chi connectivity index (χ0v) is 8.73. The first-order valence-corrected chi connectivity index (χ1v) is 5.03. The minimum Gasteiger partial charge on any atom is -0.277 e. The molecule has 86 valence electrons. The molecule has 2 aromatic carbocycles. The highest BCUT2D eigenvalue weighted by molar-refractivity contribution is 6.22. The lowest BCUT2D eigenvalue weighted by Crippen LogP contribution is -2.24. The standard InChI is InChI=1S/C13H9NO2.CH4/c1-14-12(15)10-6-8-4-2-3-5-9(8)7-11(10)13(14)16;/h2-7H,1H3;1H4. The van der Waals surface area contributed by atoms with Crippen LogP contribution in [0, 0.1) is 0 Å². The maximum atomic E-state index is 11.8. The highest BCUT2D eigenvalue weighted by Gasteiger charge is 2.32. The Balaban J connectivity index is 0.00000108. The highest BCUT2D eigenvalue weighted by Crippen LogP contribution is 2.26. The first kappa shape index (κ1) is 11.3. The third-order valence-corrected chi connectivity index (χ3v) is 2.96. The Labute approximate surface area is 99.7 Å². The smallest absolute Gasteiger partial charge is 0.261 e. The van der Waals surface area contributed by atoms with Gasteiger partial charge in [-0.2, -0.15) is 0 Å². The van der Waals surface area contributed by atoms with Crippen LogP contribution in [0.1, 0.15) is 28.1 Å². The van der Waals surface area contributed by atoms with E-state index in [1.807, 2.05) is 24.3 Å². The molecule has 0 radical (unpaired) electrons. The number of carbonyl (C=O) groups is 2. The summed E-state index contributed by atoms with van der Waals surface area (Å²) in [7, 11) is 1.51. The van der Waals surface area contributed by atoms with Crippen molar-refractivity contribution in [3.8, 4) is 0 Å². The van der Waals surface area contributed by atoms with Crippen LogP contribution in [0.3, 0.4) is 0 Å². The topological polar surface area (TPSA) is 37.4 Å². The monoisotopic (exact) mass is 227 g/mol. The Morgan fingerprint density at radius 2 is 1.29 bits per heavy atom. The van der Waals surface area contributed by atoms with Crippen LogP contribution in [-0.4, -0.2) is 23.8 Å². The molecule has 0 aromatic heterocycles. The summed E-state index contributed by atoms with van der Waals surface area (Å²) in [6.45, 7) is 0. The van der Waals surface area contributed by atoms with Crippen molar-refractivity contribution in [2.45, 2.75) is 7.43 Å². The second-order valence-electron chi connectivity index (χ2n) is 3.91. The first-order valence-electron chi connectivity index (χ1n) is 5.03. The number of benzene rings is 2. The largest absolute Gasteiger partial charge is 0.277 e. The van der Waals surface area contributed by atoms with Gasteiger partial charge in [0.1, 0.15) is 0 Å². The Morgan fingerprint density at radius 3 is 1.71 bits per heavy atom. The molecule has 0 unspecified atom stereocenters. The molecule has 1 heterocycles. The maximum Gasteiger partial charge on any atom is 0.261 e. The molecular formula is C14H13NO2. The van der Waals surface area contributed by atoms with E-state index in [4.69, 9.17) is 0 Å². The number of fused-ring (bicyclic) bond motifs is 2. The van der Waals surface area contributed by atoms with Crippen molar-refractivity contribution in [3.05, 3.63) is 47.5 Å². The summed E-state index contributed by atoms with van der Waals surface area (Å²) < 4.78 is 0. The number of rotatable bonds is 0. The quantitative estimate of drug-likeness (QED) is 0.649. The summed E-state index contributed by atoms with van der Waals surface area (Å²) in [5.74, 6) is -0.434. The van der Waals surface area contributed by atoms with Crippen molar-refractivity contribution in [2.75, 3.05) is 7.05 Å². The molecule has 0 spiro atoms. The molecule has 1 aliphatic rings. The van der Waals surface area contributed by atoms with E-state index in [1.165, 1.54) is 7.05 Å². The predicted octanol–water partition coefficient (Wildman–Crippen LogP) is 2.70. The zero-order chi connectivity index (χ0) is 11.3. The predicted molar refractivity (Wildman–Crippen MR) is 67.1 cm³/mol. The second kappa shape index (κ2) is 3.70. The van der Waals surface area contributed by atoms with Crippen LogP contribution in [-0.2, 0) is 0 Å². The first-order chi connectivity index (χ1) is 7.68. The van der Waals surface area contributed by atoms with Crippen LogP contribution < -0.4 is 0 Å². The van der Waals surface area contributed by atoms with Crippen molar-refractivity contribution in [1.82, 2.24) is 4.90 Å². The van der Waals surface area contributed by atoms with Gasteiger partial charge in [-0.15, -0.1) is 0 Å². The van der Waals surface area contributed by atoms with Crippen LogP contribution in [0.5, 0.6) is 0 Å². The van der Waals surface area contributed by atoms with Crippen LogP contribution >= 0.6 is 0 Å². The van der Waals surface area contributed by atoms with Crippen LogP contribution in [0.2, 0.25) is 0 Å². The fraction of sp³-hybridized carbons (Fsp3) is 0.143. The molecule has 2 amide bonds. The van der Waals surface area contributed by atoms with E-state index in [0.717, 1.165) is 15.7 Å². The Morgan fingerprint density at radius 1 is 0.882 bits per heavy atom. The van der Waals surface area contributed by atoms with Gasteiger partial charge in [0.25, 0.3) is 11.8 Å². The fourth-order valence-corrected chi connectivity index (χ4v) is 2.05. The molecule has 1 aliphatic heterocycles. The number of amides is 2. The Bertz CT molecular complexity index is 577. The lowest BCUT2D eigenvalue weighted by atomic mass is 10.0. The Kier molecular flexibility index (Phi) is 2.46. The van der Waals surface area contributed by atoms with Gasteiger partial charge in [-0.05, 0) is 22.9 Å². The van der Waals surface area contributed by atoms with E-state index in [1.54, 1.807) is 12.1 Å². The molecule has 2 aromatic rings. The maximum absolute atomic E-state index is 11.8. The number of hydrogen-bond acceptors (Lipinski definition) is 2. The van der Waals surface area contributed by atoms with Gasteiger partial charge >= 0.3 is 0 Å². The van der Waals surface area contributed by atoms with Crippen molar-refractivity contribution in [2.24, 2.45) is 0 Å². The van der Waals surface area contributed by atoms with Gasteiger partial charge in [0.2, 0.25) is 0 Å². The lowest BCUT2D eigenvalue weighted by molar-refractivity contribution is 0.0693. The Hall–Kier alpha value is -2.16. The van der Waals surface area contributed by atoms with E-state index in [-0.39, 0.29) is 19.2 Å². The molecule has 0 aliphatic carbocycles. The van der Waals surface area contributed by atoms with Crippen molar-refractivity contribution in [1.29, 1.82) is 0 Å². The van der Waals surface area contributed by atoms with Gasteiger partial charge in [-0.25, -0.2) is 0 Å². The van der Waals surface area contributed by atoms with Gasteiger partial charge in [-0.3, -0.25) is 14.5 Å². The molecule has 3 rings (SSSR count). The summed E-state index contributed by atoms with van der Waals surface area (Å²) in [5.41, 5.74) is 1.01. The molecule has 0 bridgehead atoms. The number of hydrogen-bond donors (Lipinski definition) is 0. The highest BCUT2D eigenvalue weighted by atomic mass is 16.2. The van der Waals surface area contributed by atoms with Crippen molar-refractivity contribution < 1.29 is 9.59 Å². The summed E-state index contributed by atoms with van der Waals surface area (Å²) in [4.78, 5) is 24.7. The van der Waals surface area contributed by atoms with Gasteiger partial charge in [-0.1, -0.05) is 31.7 Å². The van der Waals surface area contributed by atoms with Crippen LogP contribution in [0.4, 0.5) is 0 Å². The second-order valence-corrected chi connectivity index (χ2v) is 3.91. The van der Waals surface area contributed by atoms with Crippen molar-refractivity contribution in [3.63, 3.8) is 0 Å². The molecule has 0 atom stereocenters. The zero-order valence-electron chi connectivity index (χ0n) is 8.73. The number of carbonyl (C=O) groups excluding carboxylic acids is 2. The average molecular weight is 227 g/mol. The number of imide groups is 1. The molecule has 17 heavy (non-hydrogen) atoms. The minimum absolute atomic E-state index is 0. The van der Waals surface area contributed by atoms with E-state index in [2.05, 4.69) is 0 Å². The summed E-state index contributed by atoms with van der Waals surface area (Å²) in [5, 5.41) is 1.97. The fourth-order valence-electron chi connectivity index (χ4n) is 2.05. The minimum atomic E-state index is -0.217. The summed E-state index contributed by atoms with van der Waals surface area (Å²) in [6.07, 6.45) is 0. The van der Waals surface area contributed by atoms with Crippen LogP contribution in [0.15, 0.2) is 36.4 Å². The average Bonchev–Trinajstić information content (AvgIpc) is 2.52. The molecule has 0 saturated heterocycles. The number of nitrogens with zero attached hydrogens (tertiary/aromatic N) is 1. The normalized spacial score (nSPS) is 13.8. The van der Waals surface area contributed by atoms with Gasteiger partial charge in [0.15, 0.2) is 0 Å². The molecule has 3 heteroatoms. The SMILES string of the molecule is C.CN1C(=O)c2cc3ccccc3cc2C1=O. The molecule has 0 fully saturated rings. The van der Waals surface area contributed by atoms with E-state index < -0.39 is 0 Å². The lowest BCUT2D eigenvalue weighted by Gasteiger charge is -2.02. The molecule has 3 nitrogen and oxygen atoms in total. The van der Waals surface area contributed by atoms with Gasteiger partial charge in [0, 0.05) is 7.05 Å². The van der Waals surface area contributed by atoms with Crippen molar-refractivity contribution >= 4 is 22.6 Å². The third-order valence-electron chi connectivity index (χ3n) is 2.96. The van der Waals surface area contributed by atoms with E-state index in [0.29, 0.717) is 11.1 Å². The molecular weight excluding hydrogens is 214 g/mol. The molecule has 0 saturated carbocycles. The third kappa shape index (κ3) is 1.43. The van der Waals surface area contributed by atoms with Gasteiger partial charge in [0.05, 0.1) is 11.1 Å². The summed E-state index contributed by atoms with van der Waals surface area (Å²) in [6, 6.07) is 11.3.